The van der Waals surface area contributed by atoms with Crippen LogP contribution in [0, 0.1) is 0 Å². The molecule has 0 bridgehead atoms. The molecule has 4 heterocycles. The van der Waals surface area contributed by atoms with E-state index in [1.54, 1.807) is 0 Å². The zero-order chi connectivity index (χ0) is 23.6. The number of rotatable bonds is 6. The molecule has 0 aliphatic carbocycles. The van der Waals surface area contributed by atoms with Gasteiger partial charge in [-0.15, -0.1) is 10.2 Å². The van der Waals surface area contributed by atoms with E-state index in [0.29, 0.717) is 16.0 Å². The average Bonchev–Trinajstić information content (AvgIpc) is 3.61. The van der Waals surface area contributed by atoms with Crippen LogP contribution < -0.4 is 19.5 Å². The number of ether oxygens (including phenoxy) is 3. The molecule has 10 heteroatoms. The summed E-state index contributed by atoms with van der Waals surface area (Å²) in [5.74, 6) is 3.23. The number of aryl methyl sites for hydroxylation is 2. The van der Waals surface area contributed by atoms with Crippen LogP contribution in [0.1, 0.15) is 41.7 Å². The van der Waals surface area contributed by atoms with Crippen molar-refractivity contribution in [1.82, 2.24) is 25.1 Å². The zero-order valence-corrected chi connectivity index (χ0v) is 19.7. The summed E-state index contributed by atoms with van der Waals surface area (Å²) in [5, 5.41) is 11.7. The van der Waals surface area contributed by atoms with E-state index < -0.39 is 6.09 Å². The van der Waals surface area contributed by atoms with E-state index in [0.717, 1.165) is 66.5 Å². The van der Waals surface area contributed by atoms with E-state index in [1.165, 1.54) is 11.8 Å². The number of hydrogen-bond donors (Lipinski definition) is 1. The monoisotopic (exact) mass is 489 g/mol. The summed E-state index contributed by atoms with van der Waals surface area (Å²) >= 11 is 1.15. The summed E-state index contributed by atoms with van der Waals surface area (Å²) in [4.78, 5) is 16.4. The Morgan fingerprint density at radius 2 is 2.09 bits per heavy atom. The summed E-state index contributed by atoms with van der Waals surface area (Å²) < 4.78 is 19.5. The first kappa shape index (κ1) is 21.6. The number of carbonyl (C=O) groups is 1. The van der Waals surface area contributed by atoms with Crippen molar-refractivity contribution in [3.05, 3.63) is 77.5 Å². The molecule has 2 aliphatic heterocycles. The molecule has 2 aromatic heterocycles. The lowest BCUT2D eigenvalue weighted by atomic mass is 9.97. The van der Waals surface area contributed by atoms with Gasteiger partial charge in [0.25, 0.3) is 5.19 Å². The number of nitrogens with zero attached hydrogens (tertiary/aromatic N) is 4. The third-order valence-electron chi connectivity index (χ3n) is 6.09. The number of nitrogens with one attached hydrogen (secondary N) is 1. The minimum absolute atomic E-state index is 0.0611. The lowest BCUT2D eigenvalue weighted by molar-refractivity contribution is 0.176. The fourth-order valence-corrected chi connectivity index (χ4v) is 5.03. The van der Waals surface area contributed by atoms with Crippen molar-refractivity contribution in [1.29, 1.82) is 0 Å². The third-order valence-corrected chi connectivity index (χ3v) is 6.84. The van der Waals surface area contributed by atoms with E-state index in [9.17, 15) is 4.79 Å². The fraction of sp³-hybridized carbons (Fsp3) is 0.280. The van der Waals surface area contributed by atoms with Crippen molar-refractivity contribution >= 4 is 17.4 Å². The van der Waals surface area contributed by atoms with Crippen molar-refractivity contribution in [3.8, 4) is 21.8 Å². The molecule has 1 atom stereocenters. The Labute approximate surface area is 205 Å². The van der Waals surface area contributed by atoms with Crippen LogP contribution in [0.5, 0.6) is 21.8 Å². The normalized spacial score (nSPS) is 16.2. The van der Waals surface area contributed by atoms with Gasteiger partial charge in [0.1, 0.15) is 23.4 Å². The molecule has 9 nitrogen and oxygen atoms in total. The fourth-order valence-electron chi connectivity index (χ4n) is 4.39. The van der Waals surface area contributed by atoms with Gasteiger partial charge in [-0.2, -0.15) is 0 Å². The van der Waals surface area contributed by atoms with Gasteiger partial charge in [-0.1, -0.05) is 30.3 Å². The number of hydrogen-bond acceptors (Lipinski definition) is 8. The first-order valence-corrected chi connectivity index (χ1v) is 12.4. The van der Waals surface area contributed by atoms with Gasteiger partial charge in [0.2, 0.25) is 5.06 Å². The van der Waals surface area contributed by atoms with Gasteiger partial charge in [-0.25, -0.2) is 9.78 Å². The van der Waals surface area contributed by atoms with Gasteiger partial charge < -0.3 is 24.1 Å². The lowest BCUT2D eigenvalue weighted by Crippen LogP contribution is -2.27. The molecule has 6 rings (SSSR count). The van der Waals surface area contributed by atoms with Crippen molar-refractivity contribution in [3.63, 3.8) is 0 Å². The van der Waals surface area contributed by atoms with E-state index in [1.807, 2.05) is 41.0 Å². The van der Waals surface area contributed by atoms with Crippen LogP contribution in [0.3, 0.4) is 0 Å². The maximum atomic E-state index is 12.2. The molecule has 0 fully saturated rings. The zero-order valence-electron chi connectivity index (χ0n) is 18.8. The summed E-state index contributed by atoms with van der Waals surface area (Å²) in [5.41, 5.74) is 2.28. The predicted octanol–water partition coefficient (Wildman–Crippen LogP) is 4.83. The number of thiazole rings is 1. The van der Waals surface area contributed by atoms with Crippen molar-refractivity contribution in [2.24, 2.45) is 0 Å². The molecule has 2 aromatic carbocycles. The number of carbonyl (C=O) groups excluding carboxylic acids is 1. The van der Waals surface area contributed by atoms with Crippen LogP contribution in [0.15, 0.2) is 54.7 Å². The topological polar surface area (TPSA) is 100 Å². The Hall–Kier alpha value is -3.92. The Morgan fingerprint density at radius 1 is 1.17 bits per heavy atom. The standard InChI is InChI=1S/C25H23N5O4S/c31-24(26-14-22-29-28-21-7-4-12-30(21)22)34-23-15-27-25(35-23)32-18-9-11-20-17(13-18)8-10-19(33-20)16-5-2-1-3-6-16/h1-3,5-6,9,11,13,15,19H,4,7-8,10,12,14H2,(H,26,31). The minimum atomic E-state index is -0.575. The van der Waals surface area contributed by atoms with Crippen molar-refractivity contribution < 1.29 is 19.0 Å². The SMILES string of the molecule is O=C(NCc1nnc2n1CCC2)Oc1cnc(Oc2ccc3c(c2)CCC(c2ccccc2)O3)s1. The van der Waals surface area contributed by atoms with Gasteiger partial charge >= 0.3 is 6.09 Å². The third kappa shape index (κ3) is 4.69. The van der Waals surface area contributed by atoms with Gasteiger partial charge in [-0.05, 0) is 59.9 Å². The summed E-state index contributed by atoms with van der Waals surface area (Å²) in [6.45, 7) is 1.14. The van der Waals surface area contributed by atoms with Gasteiger partial charge in [0, 0.05) is 13.0 Å². The molecule has 178 valence electrons. The van der Waals surface area contributed by atoms with E-state index in [-0.39, 0.29) is 12.6 Å². The second-order valence-corrected chi connectivity index (χ2v) is 9.36. The molecule has 2 aliphatic rings. The van der Waals surface area contributed by atoms with E-state index >= 15 is 0 Å². The van der Waals surface area contributed by atoms with Gasteiger partial charge in [0.15, 0.2) is 5.82 Å². The lowest BCUT2D eigenvalue weighted by Gasteiger charge is -2.26. The maximum absolute atomic E-state index is 12.2. The average molecular weight is 490 g/mol. The van der Waals surface area contributed by atoms with Gasteiger partial charge in [0.05, 0.1) is 12.7 Å². The first-order chi connectivity index (χ1) is 17.2. The molecule has 0 saturated carbocycles. The largest absolute Gasteiger partial charge is 0.485 e. The highest BCUT2D eigenvalue weighted by molar-refractivity contribution is 7.15. The van der Waals surface area contributed by atoms with Gasteiger partial charge in [-0.3, -0.25) is 0 Å². The molecule has 4 aromatic rings. The van der Waals surface area contributed by atoms with Crippen LogP contribution in [0.4, 0.5) is 4.79 Å². The molecule has 1 N–H and O–H groups in total. The summed E-state index contributed by atoms with van der Waals surface area (Å²) in [6.07, 6.45) is 4.74. The van der Waals surface area contributed by atoms with Crippen LogP contribution in [0.2, 0.25) is 0 Å². The highest BCUT2D eigenvalue weighted by Gasteiger charge is 2.22. The number of amides is 1. The number of aromatic nitrogens is 4. The number of benzene rings is 2. The Bertz CT molecular complexity index is 1350. The molecule has 0 saturated heterocycles. The molecule has 1 amide bonds. The van der Waals surface area contributed by atoms with Crippen LogP contribution in [0.25, 0.3) is 0 Å². The highest BCUT2D eigenvalue weighted by Crippen LogP contribution is 2.38. The van der Waals surface area contributed by atoms with E-state index in [4.69, 9.17) is 14.2 Å². The molecule has 1 unspecified atom stereocenters. The second kappa shape index (κ2) is 9.38. The van der Waals surface area contributed by atoms with E-state index in [2.05, 4.69) is 32.6 Å². The first-order valence-electron chi connectivity index (χ1n) is 11.6. The predicted molar refractivity (Wildman–Crippen MR) is 128 cm³/mol. The minimum Gasteiger partial charge on any atom is -0.485 e. The highest BCUT2D eigenvalue weighted by atomic mass is 32.1. The quantitative estimate of drug-likeness (QED) is 0.414. The van der Waals surface area contributed by atoms with Crippen LogP contribution in [-0.2, 0) is 25.9 Å². The Morgan fingerprint density at radius 3 is 3.00 bits per heavy atom. The summed E-state index contributed by atoms with van der Waals surface area (Å²) in [6, 6.07) is 16.0. The molecule has 35 heavy (non-hydrogen) atoms. The molecular weight excluding hydrogens is 466 g/mol. The maximum Gasteiger partial charge on any atom is 0.413 e. The number of fused-ring (bicyclic) bond motifs is 2. The van der Waals surface area contributed by atoms with Crippen molar-refractivity contribution in [2.45, 2.75) is 44.9 Å². The Kier molecular flexibility index (Phi) is 5.79. The molecule has 0 spiro atoms. The van der Waals surface area contributed by atoms with Crippen molar-refractivity contribution in [2.75, 3.05) is 0 Å². The Balaban J connectivity index is 1.04. The smallest absolute Gasteiger partial charge is 0.413 e. The summed E-state index contributed by atoms with van der Waals surface area (Å²) in [7, 11) is 0. The van der Waals surface area contributed by atoms with Crippen LogP contribution >= 0.6 is 11.3 Å². The molecular formula is C25H23N5O4S. The second-order valence-electron chi connectivity index (χ2n) is 8.40. The molecule has 0 radical (unpaired) electrons. The van der Waals surface area contributed by atoms with Crippen LogP contribution in [-0.4, -0.2) is 25.8 Å².